The van der Waals surface area contributed by atoms with E-state index in [4.69, 9.17) is 14.2 Å². The number of fused-ring (bicyclic) bond motifs is 2. The predicted molar refractivity (Wildman–Crippen MR) is 99.5 cm³/mol. The van der Waals surface area contributed by atoms with Gasteiger partial charge in [-0.1, -0.05) is 41.2 Å². The quantitative estimate of drug-likeness (QED) is 0.539. The van der Waals surface area contributed by atoms with Gasteiger partial charge in [0.2, 0.25) is 4.96 Å². The van der Waals surface area contributed by atoms with Crippen LogP contribution in [0.4, 0.5) is 0 Å². The number of hydrogen-bond acceptors (Lipinski definition) is 7. The summed E-state index contributed by atoms with van der Waals surface area (Å²) in [6, 6.07) is 15.5. The van der Waals surface area contributed by atoms with Crippen molar-refractivity contribution in [3.8, 4) is 17.2 Å². The third-order valence-corrected chi connectivity index (χ3v) is 5.11. The fraction of sp³-hybridized carbons (Fsp3) is 0.211. The van der Waals surface area contributed by atoms with Crippen LogP contribution in [0.1, 0.15) is 22.5 Å². The maximum Gasteiger partial charge on any atom is 0.234 e. The van der Waals surface area contributed by atoms with Gasteiger partial charge in [-0.3, -0.25) is 0 Å². The summed E-state index contributed by atoms with van der Waals surface area (Å²) in [5.74, 6) is 2.87. The molecule has 0 N–H and O–H groups in total. The molecule has 7 nitrogen and oxygen atoms in total. The van der Waals surface area contributed by atoms with Gasteiger partial charge in [-0.25, -0.2) is 0 Å². The Kier molecular flexibility index (Phi) is 3.90. The lowest BCUT2D eigenvalue weighted by molar-refractivity contribution is 0.0835. The van der Waals surface area contributed by atoms with Crippen molar-refractivity contribution in [3.05, 3.63) is 64.9 Å². The minimum Gasteiger partial charge on any atom is -0.486 e. The molecule has 0 fully saturated rings. The van der Waals surface area contributed by atoms with E-state index in [2.05, 4.69) is 15.3 Å². The van der Waals surface area contributed by atoms with E-state index in [-0.39, 0.29) is 6.10 Å². The highest BCUT2D eigenvalue weighted by Gasteiger charge is 2.28. The number of rotatable bonds is 4. The molecule has 3 heterocycles. The Bertz CT molecular complexity index is 1090. The lowest BCUT2D eigenvalue weighted by Crippen LogP contribution is -2.23. The van der Waals surface area contributed by atoms with Gasteiger partial charge in [0, 0.05) is 0 Å². The van der Waals surface area contributed by atoms with Crippen LogP contribution in [-0.4, -0.2) is 26.4 Å². The second-order valence-corrected chi connectivity index (χ2v) is 7.25. The second kappa shape index (κ2) is 6.55. The van der Waals surface area contributed by atoms with Crippen LogP contribution in [0.25, 0.3) is 4.96 Å². The molecule has 27 heavy (non-hydrogen) atoms. The van der Waals surface area contributed by atoms with E-state index < -0.39 is 0 Å². The maximum atomic E-state index is 6.02. The fourth-order valence-electron chi connectivity index (χ4n) is 2.86. The van der Waals surface area contributed by atoms with Crippen LogP contribution in [0.3, 0.4) is 0 Å². The van der Waals surface area contributed by atoms with E-state index in [9.17, 15) is 0 Å². The molecule has 1 aliphatic heterocycles. The van der Waals surface area contributed by atoms with Crippen LogP contribution in [0, 0.1) is 6.92 Å². The summed E-state index contributed by atoms with van der Waals surface area (Å²) >= 11 is 1.45. The van der Waals surface area contributed by atoms with E-state index in [1.165, 1.54) is 16.9 Å². The molecule has 5 rings (SSSR count). The molecule has 1 aliphatic rings. The van der Waals surface area contributed by atoms with Gasteiger partial charge >= 0.3 is 0 Å². The molecule has 2 aromatic heterocycles. The van der Waals surface area contributed by atoms with Gasteiger partial charge in [-0.2, -0.15) is 9.61 Å². The standard InChI is InChI=1S/C19H16N4O3S/c1-12-6-8-13(9-7-12)24-11-17-22-23-18(20-21-19(23)27-17)16-10-25-14-4-2-3-5-15(14)26-16/h2-9,16H,10-11H2,1H3/t16-/m0/s1. The maximum absolute atomic E-state index is 6.02. The number of hydrogen-bond donors (Lipinski definition) is 0. The van der Waals surface area contributed by atoms with Crippen molar-refractivity contribution in [2.45, 2.75) is 19.6 Å². The monoisotopic (exact) mass is 380 g/mol. The fourth-order valence-corrected chi connectivity index (χ4v) is 3.61. The molecule has 0 saturated carbocycles. The minimum atomic E-state index is -0.358. The summed E-state index contributed by atoms with van der Waals surface area (Å²) in [5, 5.41) is 13.9. The molecule has 4 aromatic rings. The summed E-state index contributed by atoms with van der Waals surface area (Å²) in [4.78, 5) is 0.704. The Morgan fingerprint density at radius 1 is 1.11 bits per heavy atom. The topological polar surface area (TPSA) is 70.8 Å². The lowest BCUT2D eigenvalue weighted by Gasteiger charge is -2.24. The van der Waals surface area contributed by atoms with Crippen LogP contribution >= 0.6 is 11.3 Å². The lowest BCUT2D eigenvalue weighted by atomic mass is 10.2. The molecule has 136 valence electrons. The Balaban J connectivity index is 1.35. The van der Waals surface area contributed by atoms with Gasteiger partial charge in [0.05, 0.1) is 0 Å². The van der Waals surface area contributed by atoms with Crippen molar-refractivity contribution in [2.24, 2.45) is 0 Å². The van der Waals surface area contributed by atoms with Crippen LogP contribution in [0.15, 0.2) is 48.5 Å². The molecular weight excluding hydrogens is 364 g/mol. The van der Waals surface area contributed by atoms with Crippen LogP contribution in [-0.2, 0) is 6.61 Å². The zero-order valence-electron chi connectivity index (χ0n) is 14.5. The molecule has 0 bridgehead atoms. The zero-order valence-corrected chi connectivity index (χ0v) is 15.3. The van der Waals surface area contributed by atoms with Gasteiger partial charge in [-0.05, 0) is 31.2 Å². The Hall–Kier alpha value is -3.13. The van der Waals surface area contributed by atoms with Crippen molar-refractivity contribution in [1.82, 2.24) is 19.8 Å². The SMILES string of the molecule is Cc1ccc(OCc2nn3c([C@@H]4COc5ccccc5O4)nnc3s2)cc1. The first kappa shape index (κ1) is 16.1. The van der Waals surface area contributed by atoms with Crippen LogP contribution < -0.4 is 14.2 Å². The number of aryl methyl sites for hydroxylation is 1. The molecule has 0 spiro atoms. The number of nitrogens with zero attached hydrogens (tertiary/aromatic N) is 4. The van der Waals surface area contributed by atoms with Gasteiger partial charge in [0.1, 0.15) is 19.0 Å². The minimum absolute atomic E-state index is 0.358. The highest BCUT2D eigenvalue weighted by atomic mass is 32.1. The van der Waals surface area contributed by atoms with Crippen molar-refractivity contribution in [3.63, 3.8) is 0 Å². The van der Waals surface area contributed by atoms with Crippen molar-refractivity contribution >= 4 is 16.3 Å². The second-order valence-electron chi connectivity index (χ2n) is 6.21. The number of benzene rings is 2. The van der Waals surface area contributed by atoms with Gasteiger partial charge < -0.3 is 14.2 Å². The number of aromatic nitrogens is 4. The van der Waals surface area contributed by atoms with E-state index >= 15 is 0 Å². The summed E-state index contributed by atoms with van der Waals surface area (Å²) in [6.07, 6.45) is -0.358. The normalized spacial score (nSPS) is 15.8. The summed E-state index contributed by atoms with van der Waals surface area (Å²) < 4.78 is 19.3. The van der Waals surface area contributed by atoms with Gasteiger partial charge in [0.25, 0.3) is 0 Å². The average Bonchev–Trinajstić information content (AvgIpc) is 3.27. The number of para-hydroxylation sites is 2. The number of ether oxygens (including phenoxy) is 3. The summed E-state index contributed by atoms with van der Waals surface area (Å²) in [7, 11) is 0. The first-order valence-electron chi connectivity index (χ1n) is 8.55. The summed E-state index contributed by atoms with van der Waals surface area (Å²) in [5.41, 5.74) is 1.20. The van der Waals surface area contributed by atoms with Gasteiger partial charge in [0.15, 0.2) is 28.4 Å². The largest absolute Gasteiger partial charge is 0.486 e. The first-order chi connectivity index (χ1) is 13.3. The molecule has 0 aliphatic carbocycles. The first-order valence-corrected chi connectivity index (χ1v) is 9.37. The summed E-state index contributed by atoms with van der Waals surface area (Å²) in [6.45, 7) is 2.79. The van der Waals surface area contributed by atoms with Crippen LogP contribution in [0.5, 0.6) is 17.2 Å². The highest BCUT2D eigenvalue weighted by molar-refractivity contribution is 7.16. The molecular formula is C19H16N4O3S. The molecule has 0 saturated heterocycles. The molecule has 1 atom stereocenters. The van der Waals surface area contributed by atoms with Crippen molar-refractivity contribution in [1.29, 1.82) is 0 Å². The molecule has 0 unspecified atom stereocenters. The van der Waals surface area contributed by atoms with E-state index in [1.807, 2.05) is 55.5 Å². The predicted octanol–water partition coefficient (Wildman–Crippen LogP) is 3.59. The highest BCUT2D eigenvalue weighted by Crippen LogP contribution is 2.35. The Morgan fingerprint density at radius 2 is 1.93 bits per heavy atom. The average molecular weight is 380 g/mol. The molecule has 8 heteroatoms. The molecule has 0 radical (unpaired) electrons. The smallest absolute Gasteiger partial charge is 0.234 e. The van der Waals surface area contributed by atoms with E-state index in [0.717, 1.165) is 16.5 Å². The Morgan fingerprint density at radius 3 is 2.78 bits per heavy atom. The van der Waals surface area contributed by atoms with Crippen molar-refractivity contribution in [2.75, 3.05) is 6.61 Å². The molecule has 0 amide bonds. The van der Waals surface area contributed by atoms with E-state index in [1.54, 1.807) is 4.52 Å². The van der Waals surface area contributed by atoms with Gasteiger partial charge in [-0.15, -0.1) is 10.2 Å². The van der Waals surface area contributed by atoms with E-state index in [0.29, 0.717) is 29.7 Å². The zero-order chi connectivity index (χ0) is 18.2. The Labute approximate surface area is 159 Å². The third-order valence-electron chi connectivity index (χ3n) is 4.24. The molecule has 2 aromatic carbocycles. The van der Waals surface area contributed by atoms with Crippen molar-refractivity contribution < 1.29 is 14.2 Å². The van der Waals surface area contributed by atoms with Crippen LogP contribution in [0.2, 0.25) is 0 Å². The third kappa shape index (κ3) is 3.08.